The van der Waals surface area contributed by atoms with E-state index in [1.807, 2.05) is 42.5 Å². The van der Waals surface area contributed by atoms with Crippen LogP contribution in [0.4, 0.5) is 0 Å². The minimum absolute atomic E-state index is 0.0423. The van der Waals surface area contributed by atoms with Gasteiger partial charge in [-0.1, -0.05) is 41.9 Å². The second kappa shape index (κ2) is 6.69. The van der Waals surface area contributed by atoms with Crippen LogP contribution in [0.15, 0.2) is 42.5 Å². The number of benzene rings is 2. The van der Waals surface area contributed by atoms with E-state index in [-0.39, 0.29) is 5.38 Å². The molecule has 21 heavy (non-hydrogen) atoms. The van der Waals surface area contributed by atoms with Crippen LogP contribution in [-0.2, 0) is 13.0 Å². The third-order valence-electron chi connectivity index (χ3n) is 3.63. The van der Waals surface area contributed by atoms with E-state index in [9.17, 15) is 0 Å². The van der Waals surface area contributed by atoms with Gasteiger partial charge in [0.1, 0.15) is 5.75 Å². The van der Waals surface area contributed by atoms with Crippen LogP contribution in [-0.4, -0.2) is 13.2 Å². The summed E-state index contributed by atoms with van der Waals surface area (Å²) in [6, 6.07) is 14.0. The van der Waals surface area contributed by atoms with Gasteiger partial charge in [-0.05, 0) is 23.3 Å². The number of hydrogen-bond acceptors (Lipinski definition) is 2. The van der Waals surface area contributed by atoms with Gasteiger partial charge in [0.15, 0.2) is 0 Å². The largest absolute Gasteiger partial charge is 0.493 e. The highest BCUT2D eigenvalue weighted by Crippen LogP contribution is 2.32. The lowest BCUT2D eigenvalue weighted by Gasteiger charge is -2.13. The molecular formula is C17H17Cl2NO. The van der Waals surface area contributed by atoms with E-state index in [1.165, 1.54) is 5.56 Å². The van der Waals surface area contributed by atoms with Crippen molar-refractivity contribution < 1.29 is 4.74 Å². The predicted molar refractivity (Wildman–Crippen MR) is 87.4 cm³/mol. The fourth-order valence-electron chi connectivity index (χ4n) is 2.59. The van der Waals surface area contributed by atoms with Gasteiger partial charge in [0.25, 0.3) is 0 Å². The zero-order valence-electron chi connectivity index (χ0n) is 11.6. The maximum atomic E-state index is 6.40. The van der Waals surface area contributed by atoms with Gasteiger partial charge >= 0.3 is 0 Å². The lowest BCUT2D eigenvalue weighted by Crippen LogP contribution is -2.19. The zero-order valence-corrected chi connectivity index (χ0v) is 13.1. The van der Waals surface area contributed by atoms with Gasteiger partial charge in [0, 0.05) is 30.1 Å². The maximum absolute atomic E-state index is 6.40. The van der Waals surface area contributed by atoms with Crippen LogP contribution in [0.5, 0.6) is 5.75 Å². The topological polar surface area (TPSA) is 21.3 Å². The first-order valence-corrected chi connectivity index (χ1v) is 7.89. The van der Waals surface area contributed by atoms with Crippen molar-refractivity contribution in [1.82, 2.24) is 5.32 Å². The highest BCUT2D eigenvalue weighted by molar-refractivity contribution is 6.30. The quantitative estimate of drug-likeness (QED) is 0.827. The van der Waals surface area contributed by atoms with Gasteiger partial charge in [-0.3, -0.25) is 0 Å². The Morgan fingerprint density at radius 3 is 2.81 bits per heavy atom. The van der Waals surface area contributed by atoms with Gasteiger partial charge < -0.3 is 10.1 Å². The van der Waals surface area contributed by atoms with Gasteiger partial charge in [0.05, 0.1) is 12.0 Å². The Kier molecular flexibility index (Phi) is 4.69. The van der Waals surface area contributed by atoms with Crippen molar-refractivity contribution in [2.24, 2.45) is 0 Å². The van der Waals surface area contributed by atoms with Crippen LogP contribution in [0.25, 0.3) is 0 Å². The summed E-state index contributed by atoms with van der Waals surface area (Å²) < 4.78 is 5.70. The third-order valence-corrected chi connectivity index (χ3v) is 4.25. The number of rotatable bonds is 5. The molecule has 1 aliphatic rings. The van der Waals surface area contributed by atoms with Crippen molar-refractivity contribution in [3.05, 3.63) is 64.2 Å². The molecule has 1 N–H and O–H groups in total. The lowest BCUT2D eigenvalue weighted by molar-refractivity contribution is 0.352. The third kappa shape index (κ3) is 3.52. The molecule has 0 bridgehead atoms. The molecule has 1 aliphatic heterocycles. The van der Waals surface area contributed by atoms with E-state index >= 15 is 0 Å². The molecule has 0 radical (unpaired) electrons. The molecule has 3 rings (SSSR count). The first-order chi connectivity index (χ1) is 10.2. The summed E-state index contributed by atoms with van der Waals surface area (Å²) in [5.74, 6) is 0.984. The Labute approximate surface area is 135 Å². The summed E-state index contributed by atoms with van der Waals surface area (Å²) >= 11 is 12.6. The number of hydrogen-bond donors (Lipinski definition) is 1. The average Bonchev–Trinajstić information content (AvgIpc) is 2.96. The van der Waals surface area contributed by atoms with Crippen LogP contribution in [0.1, 0.15) is 22.1 Å². The zero-order chi connectivity index (χ0) is 14.7. The summed E-state index contributed by atoms with van der Waals surface area (Å²) in [4.78, 5) is 0. The molecule has 4 heteroatoms. The average molecular weight is 322 g/mol. The minimum atomic E-state index is -0.0423. The molecule has 2 nitrogen and oxygen atoms in total. The molecule has 0 saturated heterocycles. The van der Waals surface area contributed by atoms with Gasteiger partial charge in [-0.2, -0.15) is 0 Å². The van der Waals surface area contributed by atoms with E-state index in [2.05, 4.69) is 5.32 Å². The Morgan fingerprint density at radius 2 is 2.00 bits per heavy atom. The molecule has 0 amide bonds. The van der Waals surface area contributed by atoms with Crippen LogP contribution in [0.3, 0.4) is 0 Å². The monoisotopic (exact) mass is 321 g/mol. The molecule has 110 valence electrons. The number of halogens is 2. The van der Waals surface area contributed by atoms with E-state index in [4.69, 9.17) is 27.9 Å². The Balaban J connectivity index is 1.61. The molecule has 0 fully saturated rings. The standard InChI is InChI=1S/C17H17Cl2NO/c18-15-8-13-6-7-21-17(13)14(9-15)10-20-11-16(19)12-4-2-1-3-5-12/h1-5,8-9,16,20H,6-7,10-11H2. The number of fused-ring (bicyclic) bond motifs is 1. The normalized spacial score (nSPS) is 14.6. The summed E-state index contributed by atoms with van der Waals surface area (Å²) in [6.45, 7) is 2.15. The number of nitrogens with one attached hydrogen (secondary N) is 1. The SMILES string of the molecule is Clc1cc2c(c(CNCC(Cl)c3ccccc3)c1)OCC2. The Morgan fingerprint density at radius 1 is 1.19 bits per heavy atom. The van der Waals surface area contributed by atoms with Crippen molar-refractivity contribution in [2.75, 3.05) is 13.2 Å². The summed E-state index contributed by atoms with van der Waals surface area (Å²) in [6.07, 6.45) is 0.936. The van der Waals surface area contributed by atoms with Crippen LogP contribution >= 0.6 is 23.2 Å². The van der Waals surface area contributed by atoms with E-state index in [1.54, 1.807) is 0 Å². The smallest absolute Gasteiger partial charge is 0.127 e. The van der Waals surface area contributed by atoms with E-state index in [0.717, 1.165) is 34.9 Å². The van der Waals surface area contributed by atoms with E-state index in [0.29, 0.717) is 13.1 Å². The predicted octanol–water partition coefficient (Wildman–Crippen LogP) is 4.34. The number of alkyl halides is 1. The Hall–Kier alpha value is -1.22. The van der Waals surface area contributed by atoms with Gasteiger partial charge in [-0.15, -0.1) is 11.6 Å². The molecule has 0 saturated carbocycles. The van der Waals surface area contributed by atoms with Crippen LogP contribution in [0.2, 0.25) is 5.02 Å². The summed E-state index contributed by atoms with van der Waals surface area (Å²) in [5.41, 5.74) is 3.43. The molecule has 1 unspecified atom stereocenters. The minimum Gasteiger partial charge on any atom is -0.493 e. The molecular weight excluding hydrogens is 305 g/mol. The highest BCUT2D eigenvalue weighted by atomic mass is 35.5. The first kappa shape index (κ1) is 14.7. The van der Waals surface area contributed by atoms with Crippen LogP contribution < -0.4 is 10.1 Å². The molecule has 2 aromatic rings. The lowest BCUT2D eigenvalue weighted by atomic mass is 10.1. The first-order valence-electron chi connectivity index (χ1n) is 7.08. The van der Waals surface area contributed by atoms with Crippen molar-refractivity contribution >= 4 is 23.2 Å². The molecule has 0 spiro atoms. The fraction of sp³-hybridized carbons (Fsp3) is 0.294. The summed E-state index contributed by atoms with van der Waals surface area (Å²) in [5, 5.41) is 4.11. The Bertz CT molecular complexity index is 616. The van der Waals surface area contributed by atoms with Gasteiger partial charge in [0.2, 0.25) is 0 Å². The van der Waals surface area contributed by atoms with Crippen molar-refractivity contribution in [3.63, 3.8) is 0 Å². The summed E-state index contributed by atoms with van der Waals surface area (Å²) in [7, 11) is 0. The fourth-order valence-corrected chi connectivity index (χ4v) is 3.11. The van der Waals surface area contributed by atoms with Crippen molar-refractivity contribution in [3.8, 4) is 5.75 Å². The molecule has 1 atom stereocenters. The van der Waals surface area contributed by atoms with Crippen molar-refractivity contribution in [1.29, 1.82) is 0 Å². The second-order valence-corrected chi connectivity index (χ2v) is 6.12. The molecule has 1 heterocycles. The van der Waals surface area contributed by atoms with E-state index < -0.39 is 0 Å². The van der Waals surface area contributed by atoms with Crippen molar-refractivity contribution in [2.45, 2.75) is 18.3 Å². The highest BCUT2D eigenvalue weighted by Gasteiger charge is 2.17. The maximum Gasteiger partial charge on any atom is 0.127 e. The molecule has 0 aliphatic carbocycles. The number of ether oxygens (including phenoxy) is 1. The molecule has 2 aromatic carbocycles. The molecule has 0 aromatic heterocycles. The van der Waals surface area contributed by atoms with Gasteiger partial charge in [-0.25, -0.2) is 0 Å². The second-order valence-electron chi connectivity index (χ2n) is 5.16. The van der Waals surface area contributed by atoms with Crippen LogP contribution in [0, 0.1) is 0 Å².